The van der Waals surface area contributed by atoms with Crippen molar-refractivity contribution in [1.29, 1.82) is 0 Å². The SMILES string of the molecule is CN=C(NCCSC)NCC1CCN(Cc2ccccc2Cl)CC1. The molecule has 1 aliphatic heterocycles. The van der Waals surface area contributed by atoms with E-state index >= 15 is 0 Å². The van der Waals surface area contributed by atoms with Crippen molar-refractivity contribution in [2.75, 3.05) is 45.2 Å². The molecule has 0 amide bonds. The molecule has 0 bridgehead atoms. The predicted octanol–water partition coefficient (Wildman–Crippen LogP) is 3.08. The molecular formula is C18H29ClN4S. The van der Waals surface area contributed by atoms with Gasteiger partial charge in [0.25, 0.3) is 0 Å². The van der Waals surface area contributed by atoms with E-state index in [9.17, 15) is 0 Å². The Kier molecular flexibility index (Phi) is 8.78. The van der Waals surface area contributed by atoms with Crippen LogP contribution in [0.15, 0.2) is 29.3 Å². The monoisotopic (exact) mass is 368 g/mol. The molecule has 24 heavy (non-hydrogen) atoms. The first-order chi connectivity index (χ1) is 11.7. The second kappa shape index (κ2) is 10.9. The van der Waals surface area contributed by atoms with E-state index in [1.54, 1.807) is 0 Å². The fourth-order valence-electron chi connectivity index (χ4n) is 2.95. The van der Waals surface area contributed by atoms with E-state index in [2.05, 4.69) is 38.9 Å². The average molecular weight is 369 g/mol. The lowest BCUT2D eigenvalue weighted by molar-refractivity contribution is 0.178. The third-order valence-corrected chi connectivity index (χ3v) is 5.42. The second-order valence-corrected chi connectivity index (χ2v) is 7.58. The summed E-state index contributed by atoms with van der Waals surface area (Å²) in [6, 6.07) is 8.15. The fourth-order valence-corrected chi connectivity index (χ4v) is 3.45. The molecule has 1 fully saturated rings. The number of benzene rings is 1. The second-order valence-electron chi connectivity index (χ2n) is 6.18. The molecule has 0 aliphatic carbocycles. The summed E-state index contributed by atoms with van der Waals surface area (Å²) in [4.78, 5) is 6.79. The Balaban J connectivity index is 1.68. The zero-order valence-electron chi connectivity index (χ0n) is 14.7. The number of nitrogens with zero attached hydrogens (tertiary/aromatic N) is 2. The molecular weight excluding hydrogens is 340 g/mol. The van der Waals surface area contributed by atoms with Gasteiger partial charge in [-0.25, -0.2) is 0 Å². The van der Waals surface area contributed by atoms with E-state index in [-0.39, 0.29) is 0 Å². The predicted molar refractivity (Wildman–Crippen MR) is 107 cm³/mol. The molecule has 4 nitrogen and oxygen atoms in total. The molecule has 1 aromatic rings. The van der Waals surface area contributed by atoms with Crippen LogP contribution < -0.4 is 10.6 Å². The normalized spacial score (nSPS) is 17.0. The Bertz CT molecular complexity index is 515. The summed E-state index contributed by atoms with van der Waals surface area (Å²) in [6.45, 7) is 5.18. The van der Waals surface area contributed by atoms with Crippen molar-refractivity contribution in [1.82, 2.24) is 15.5 Å². The maximum atomic E-state index is 6.27. The van der Waals surface area contributed by atoms with E-state index in [1.807, 2.05) is 30.9 Å². The first-order valence-electron chi connectivity index (χ1n) is 8.62. The van der Waals surface area contributed by atoms with Crippen LogP contribution in [0.25, 0.3) is 0 Å². The molecule has 0 saturated carbocycles. The number of aliphatic imine (C=N–C) groups is 1. The summed E-state index contributed by atoms with van der Waals surface area (Å²) < 4.78 is 0. The van der Waals surface area contributed by atoms with Crippen LogP contribution in [-0.2, 0) is 6.54 Å². The maximum Gasteiger partial charge on any atom is 0.191 e. The number of rotatable bonds is 7. The number of hydrogen-bond acceptors (Lipinski definition) is 3. The van der Waals surface area contributed by atoms with Gasteiger partial charge in [-0.1, -0.05) is 29.8 Å². The molecule has 1 aromatic carbocycles. The van der Waals surface area contributed by atoms with E-state index in [0.29, 0.717) is 5.92 Å². The third kappa shape index (κ3) is 6.54. The molecule has 0 atom stereocenters. The van der Waals surface area contributed by atoms with Gasteiger partial charge in [0.15, 0.2) is 5.96 Å². The van der Waals surface area contributed by atoms with Gasteiger partial charge in [0.2, 0.25) is 0 Å². The van der Waals surface area contributed by atoms with Crippen LogP contribution in [0.2, 0.25) is 5.02 Å². The zero-order chi connectivity index (χ0) is 17.2. The van der Waals surface area contributed by atoms with Crippen LogP contribution in [0.1, 0.15) is 18.4 Å². The zero-order valence-corrected chi connectivity index (χ0v) is 16.3. The van der Waals surface area contributed by atoms with Crippen LogP contribution in [0.4, 0.5) is 0 Å². The highest BCUT2D eigenvalue weighted by Crippen LogP contribution is 2.21. The van der Waals surface area contributed by atoms with Crippen LogP contribution in [0.5, 0.6) is 0 Å². The topological polar surface area (TPSA) is 39.7 Å². The Morgan fingerprint density at radius 2 is 2.04 bits per heavy atom. The van der Waals surface area contributed by atoms with E-state index in [0.717, 1.165) is 49.5 Å². The van der Waals surface area contributed by atoms with Gasteiger partial charge in [-0.3, -0.25) is 9.89 Å². The van der Waals surface area contributed by atoms with Gasteiger partial charge in [-0.15, -0.1) is 0 Å². The summed E-state index contributed by atoms with van der Waals surface area (Å²) in [6.07, 6.45) is 4.56. The van der Waals surface area contributed by atoms with Gasteiger partial charge in [0, 0.05) is 37.5 Å². The molecule has 0 radical (unpaired) electrons. The first-order valence-corrected chi connectivity index (χ1v) is 10.4. The maximum absolute atomic E-state index is 6.27. The van der Waals surface area contributed by atoms with E-state index < -0.39 is 0 Å². The summed E-state index contributed by atoms with van der Waals surface area (Å²) in [5.74, 6) is 2.73. The van der Waals surface area contributed by atoms with Crippen molar-refractivity contribution in [3.63, 3.8) is 0 Å². The molecule has 6 heteroatoms. The highest BCUT2D eigenvalue weighted by molar-refractivity contribution is 7.98. The summed E-state index contributed by atoms with van der Waals surface area (Å²) in [5.41, 5.74) is 1.23. The van der Waals surface area contributed by atoms with Gasteiger partial charge in [-0.2, -0.15) is 11.8 Å². The first kappa shape index (κ1) is 19.4. The van der Waals surface area contributed by atoms with Crippen LogP contribution in [0.3, 0.4) is 0 Å². The lowest BCUT2D eigenvalue weighted by Gasteiger charge is -2.32. The minimum Gasteiger partial charge on any atom is -0.356 e. The lowest BCUT2D eigenvalue weighted by Crippen LogP contribution is -2.43. The number of guanidine groups is 1. The summed E-state index contributed by atoms with van der Waals surface area (Å²) >= 11 is 8.11. The van der Waals surface area contributed by atoms with Crippen LogP contribution in [0, 0.1) is 5.92 Å². The quantitative estimate of drug-likeness (QED) is 0.441. The Hall–Kier alpha value is -0.910. The summed E-state index contributed by atoms with van der Waals surface area (Å²) in [5, 5.41) is 7.69. The largest absolute Gasteiger partial charge is 0.356 e. The van der Waals surface area contributed by atoms with Crippen molar-refractivity contribution in [2.24, 2.45) is 10.9 Å². The average Bonchev–Trinajstić information content (AvgIpc) is 2.61. The van der Waals surface area contributed by atoms with Crippen molar-refractivity contribution >= 4 is 29.3 Å². The Morgan fingerprint density at radius 3 is 2.71 bits per heavy atom. The van der Waals surface area contributed by atoms with Gasteiger partial charge in [-0.05, 0) is 49.7 Å². The van der Waals surface area contributed by atoms with E-state index in [1.165, 1.54) is 18.4 Å². The Labute approximate surface area is 155 Å². The highest BCUT2D eigenvalue weighted by atomic mass is 35.5. The highest BCUT2D eigenvalue weighted by Gasteiger charge is 2.19. The third-order valence-electron chi connectivity index (χ3n) is 4.44. The molecule has 0 spiro atoms. The number of thioether (sulfide) groups is 1. The number of hydrogen-bond donors (Lipinski definition) is 2. The van der Waals surface area contributed by atoms with Gasteiger partial charge in [0.05, 0.1) is 0 Å². The number of nitrogens with one attached hydrogen (secondary N) is 2. The van der Waals surface area contributed by atoms with E-state index in [4.69, 9.17) is 11.6 Å². The molecule has 1 saturated heterocycles. The molecule has 0 unspecified atom stereocenters. The van der Waals surface area contributed by atoms with Crippen molar-refractivity contribution < 1.29 is 0 Å². The van der Waals surface area contributed by atoms with Crippen LogP contribution >= 0.6 is 23.4 Å². The minimum atomic E-state index is 0.714. The molecule has 2 rings (SSSR count). The molecule has 2 N–H and O–H groups in total. The molecule has 0 aromatic heterocycles. The van der Waals surface area contributed by atoms with Crippen molar-refractivity contribution in [2.45, 2.75) is 19.4 Å². The molecule has 134 valence electrons. The van der Waals surface area contributed by atoms with Gasteiger partial charge < -0.3 is 10.6 Å². The van der Waals surface area contributed by atoms with Crippen molar-refractivity contribution in [3.05, 3.63) is 34.9 Å². The van der Waals surface area contributed by atoms with Crippen LogP contribution in [-0.4, -0.2) is 56.1 Å². The number of piperidine rings is 1. The molecule has 1 heterocycles. The smallest absolute Gasteiger partial charge is 0.191 e. The lowest BCUT2D eigenvalue weighted by atomic mass is 9.96. The minimum absolute atomic E-state index is 0.714. The molecule has 1 aliphatic rings. The standard InChI is InChI=1S/C18H29ClN4S/c1-20-18(21-9-12-24-2)22-13-15-7-10-23(11-8-15)14-16-5-3-4-6-17(16)19/h3-6,15H,7-14H2,1-2H3,(H2,20,21,22). The van der Waals surface area contributed by atoms with Gasteiger partial charge in [0.1, 0.15) is 0 Å². The van der Waals surface area contributed by atoms with Gasteiger partial charge >= 0.3 is 0 Å². The number of likely N-dealkylation sites (tertiary alicyclic amines) is 1. The fraction of sp³-hybridized carbons (Fsp3) is 0.611. The Morgan fingerprint density at radius 1 is 1.29 bits per heavy atom. The number of halogens is 1. The summed E-state index contributed by atoms with van der Waals surface area (Å²) in [7, 11) is 1.83. The van der Waals surface area contributed by atoms with Crippen molar-refractivity contribution in [3.8, 4) is 0 Å².